The second-order valence-electron chi connectivity index (χ2n) is 11.9. The Labute approximate surface area is 183 Å². The van der Waals surface area contributed by atoms with Gasteiger partial charge in [-0.25, -0.2) is 0 Å². The second kappa shape index (κ2) is 9.10. The Kier molecular flexibility index (Phi) is 7.29. The van der Waals surface area contributed by atoms with Crippen molar-refractivity contribution in [3.63, 3.8) is 0 Å². The van der Waals surface area contributed by atoms with Crippen molar-refractivity contribution in [2.45, 2.75) is 111 Å². The molecule has 3 aliphatic carbocycles. The molecule has 10 atom stereocenters. The Balaban J connectivity index is 1.85. The largest absolute Gasteiger partial charge is 0.481 e. The van der Waals surface area contributed by atoms with E-state index < -0.39 is 5.97 Å². The lowest BCUT2D eigenvalue weighted by Gasteiger charge is -2.53. The van der Waals surface area contributed by atoms with Gasteiger partial charge in [0.25, 0.3) is 0 Å². The van der Waals surface area contributed by atoms with Crippen molar-refractivity contribution in [3.8, 4) is 0 Å². The van der Waals surface area contributed by atoms with Gasteiger partial charge in [-0.2, -0.15) is 0 Å². The van der Waals surface area contributed by atoms with Crippen molar-refractivity contribution in [3.05, 3.63) is 0 Å². The second-order valence-corrected chi connectivity index (χ2v) is 11.9. The van der Waals surface area contributed by atoms with Crippen LogP contribution in [-0.4, -0.2) is 33.5 Å². The molecule has 3 saturated carbocycles. The zero-order valence-corrected chi connectivity index (χ0v) is 19.9. The summed E-state index contributed by atoms with van der Waals surface area (Å²) < 4.78 is 0. The van der Waals surface area contributed by atoms with Crippen LogP contribution in [0.1, 0.15) is 98.8 Å². The molecular weight excluding hydrogens is 376 g/mol. The Morgan fingerprint density at radius 3 is 2.33 bits per heavy atom. The Hall–Kier alpha value is -0.610. The van der Waals surface area contributed by atoms with Crippen LogP contribution in [0.4, 0.5) is 0 Å². The van der Waals surface area contributed by atoms with Crippen molar-refractivity contribution in [2.75, 3.05) is 0 Å². The number of hydrogen-bond acceptors (Lipinski definition) is 3. The van der Waals surface area contributed by atoms with E-state index in [1.54, 1.807) is 0 Å². The van der Waals surface area contributed by atoms with Crippen LogP contribution in [0.5, 0.6) is 0 Å². The molecule has 3 aliphatic rings. The van der Waals surface area contributed by atoms with Crippen LogP contribution in [0.25, 0.3) is 0 Å². The van der Waals surface area contributed by atoms with E-state index in [0.717, 1.165) is 44.9 Å². The third-order valence-corrected chi connectivity index (χ3v) is 10.5. The summed E-state index contributed by atoms with van der Waals surface area (Å²) in [5.74, 6) is 1.93. The van der Waals surface area contributed by atoms with E-state index in [9.17, 15) is 15.0 Å². The predicted octanol–water partition coefficient (Wildman–Crippen LogP) is 5.50. The molecule has 0 aromatic heterocycles. The number of aliphatic carboxylic acids is 1. The van der Waals surface area contributed by atoms with Crippen LogP contribution in [0.2, 0.25) is 0 Å². The third-order valence-electron chi connectivity index (χ3n) is 10.5. The summed E-state index contributed by atoms with van der Waals surface area (Å²) in [4.78, 5) is 11.1. The molecule has 0 aromatic carbocycles. The summed E-state index contributed by atoms with van der Waals surface area (Å²) in [5.41, 5.74) is 0.357. The highest BCUT2D eigenvalue weighted by molar-refractivity contribution is 5.66. The highest BCUT2D eigenvalue weighted by Crippen LogP contribution is 2.60. The maximum absolute atomic E-state index is 11.3. The first-order valence-corrected chi connectivity index (χ1v) is 12.6. The summed E-state index contributed by atoms with van der Waals surface area (Å²) in [7, 11) is 0. The quantitative estimate of drug-likeness (QED) is 0.559. The minimum Gasteiger partial charge on any atom is -0.481 e. The fraction of sp³-hybridized carbons (Fsp3) is 0.962. The van der Waals surface area contributed by atoms with E-state index in [1.165, 1.54) is 12.8 Å². The van der Waals surface area contributed by atoms with Crippen LogP contribution in [-0.2, 0) is 4.79 Å². The first-order chi connectivity index (χ1) is 14.0. The van der Waals surface area contributed by atoms with E-state index in [2.05, 4.69) is 34.6 Å². The van der Waals surface area contributed by atoms with Crippen molar-refractivity contribution in [2.24, 2.45) is 46.3 Å². The molecule has 0 saturated heterocycles. The van der Waals surface area contributed by atoms with Gasteiger partial charge in [-0.3, -0.25) is 4.79 Å². The number of carboxylic acid groups (broad SMARTS) is 1. The van der Waals surface area contributed by atoms with Crippen LogP contribution < -0.4 is 0 Å². The van der Waals surface area contributed by atoms with Gasteiger partial charge in [0, 0.05) is 6.42 Å². The van der Waals surface area contributed by atoms with Gasteiger partial charge in [-0.15, -0.1) is 0 Å². The van der Waals surface area contributed by atoms with Gasteiger partial charge < -0.3 is 15.3 Å². The van der Waals surface area contributed by atoms with E-state index in [1.807, 2.05) is 0 Å². The minimum atomic E-state index is -0.691. The van der Waals surface area contributed by atoms with Gasteiger partial charge in [0.1, 0.15) is 0 Å². The lowest BCUT2D eigenvalue weighted by atomic mass is 9.53. The molecule has 0 spiro atoms. The van der Waals surface area contributed by atoms with Crippen LogP contribution in [0, 0.1) is 46.3 Å². The van der Waals surface area contributed by atoms with E-state index in [-0.39, 0.29) is 35.4 Å². The Morgan fingerprint density at radius 1 is 1.00 bits per heavy atom. The van der Waals surface area contributed by atoms with Gasteiger partial charge in [0.05, 0.1) is 12.2 Å². The summed E-state index contributed by atoms with van der Waals surface area (Å²) >= 11 is 0. The first-order valence-electron chi connectivity index (χ1n) is 12.6. The summed E-state index contributed by atoms with van der Waals surface area (Å²) in [5, 5.41) is 30.9. The highest BCUT2D eigenvalue weighted by Gasteiger charge is 2.53. The SMILES string of the molecule is CC(CCC(=O)O)C1CCC2CC(O)C(C)C3CC(O)CCC3(C)C(C)CCC21C. The third kappa shape index (κ3) is 4.46. The van der Waals surface area contributed by atoms with Gasteiger partial charge in [0.15, 0.2) is 0 Å². The number of hydrogen-bond donors (Lipinski definition) is 3. The summed E-state index contributed by atoms with van der Waals surface area (Å²) in [6.07, 6.45) is 8.79. The lowest BCUT2D eigenvalue weighted by molar-refractivity contribution is -0.137. The van der Waals surface area contributed by atoms with Crippen molar-refractivity contribution < 1.29 is 20.1 Å². The molecule has 174 valence electrons. The van der Waals surface area contributed by atoms with Crippen LogP contribution >= 0.6 is 0 Å². The number of fused-ring (bicyclic) bond motifs is 2. The monoisotopic (exact) mass is 422 g/mol. The fourth-order valence-electron chi connectivity index (χ4n) is 8.01. The van der Waals surface area contributed by atoms with Gasteiger partial charge >= 0.3 is 5.97 Å². The van der Waals surface area contributed by atoms with Gasteiger partial charge in [-0.05, 0) is 104 Å². The summed E-state index contributed by atoms with van der Waals surface area (Å²) in [6.45, 7) is 11.7. The van der Waals surface area contributed by atoms with Crippen molar-refractivity contribution in [1.82, 2.24) is 0 Å². The predicted molar refractivity (Wildman–Crippen MR) is 120 cm³/mol. The normalized spacial score (nSPS) is 48.4. The average molecular weight is 423 g/mol. The molecule has 0 radical (unpaired) electrons. The molecule has 3 rings (SSSR count). The minimum absolute atomic E-state index is 0.172. The first kappa shape index (κ1) is 24.0. The van der Waals surface area contributed by atoms with Crippen LogP contribution in [0.3, 0.4) is 0 Å². The molecule has 0 aliphatic heterocycles. The highest BCUT2D eigenvalue weighted by atomic mass is 16.4. The number of aliphatic hydroxyl groups is 2. The smallest absolute Gasteiger partial charge is 0.303 e. The maximum atomic E-state index is 11.3. The molecule has 4 nitrogen and oxygen atoms in total. The molecule has 4 heteroatoms. The van der Waals surface area contributed by atoms with E-state index in [0.29, 0.717) is 29.6 Å². The van der Waals surface area contributed by atoms with Gasteiger partial charge in [-0.1, -0.05) is 34.6 Å². The zero-order valence-electron chi connectivity index (χ0n) is 19.9. The number of rotatable bonds is 4. The molecular formula is C26H46O4. The average Bonchev–Trinajstić information content (AvgIpc) is 3.01. The Bertz CT molecular complexity index is 606. The van der Waals surface area contributed by atoms with Gasteiger partial charge in [0.2, 0.25) is 0 Å². The van der Waals surface area contributed by atoms with Crippen molar-refractivity contribution in [1.29, 1.82) is 0 Å². The zero-order chi connectivity index (χ0) is 22.3. The number of aliphatic hydroxyl groups excluding tert-OH is 2. The molecule has 30 heavy (non-hydrogen) atoms. The van der Waals surface area contributed by atoms with Crippen molar-refractivity contribution >= 4 is 5.97 Å². The standard InChI is InChI=1S/C26H46O4/c1-16(6-9-24(29)30)21-8-7-19-14-23(28)18(3)22-15-20(27)11-13-25(22,4)17(2)10-12-26(19,21)5/h16-23,27-28H,6-15H2,1-5H3,(H,29,30). The molecule has 0 bridgehead atoms. The number of carbonyl (C=O) groups is 1. The molecule has 0 heterocycles. The molecule has 3 fully saturated rings. The Morgan fingerprint density at radius 2 is 1.67 bits per heavy atom. The topological polar surface area (TPSA) is 77.8 Å². The molecule has 0 aromatic rings. The fourth-order valence-corrected chi connectivity index (χ4v) is 8.01. The maximum Gasteiger partial charge on any atom is 0.303 e. The summed E-state index contributed by atoms with van der Waals surface area (Å²) in [6, 6.07) is 0. The van der Waals surface area contributed by atoms with Crippen LogP contribution in [0.15, 0.2) is 0 Å². The molecule has 0 amide bonds. The van der Waals surface area contributed by atoms with E-state index >= 15 is 0 Å². The lowest BCUT2D eigenvalue weighted by Crippen LogP contribution is -2.48. The number of carboxylic acids is 1. The molecule has 10 unspecified atom stereocenters. The van der Waals surface area contributed by atoms with E-state index in [4.69, 9.17) is 5.11 Å². The molecule has 3 N–H and O–H groups in total.